The fourth-order valence-corrected chi connectivity index (χ4v) is 3.92. The summed E-state index contributed by atoms with van der Waals surface area (Å²) in [7, 11) is 0. The molecule has 0 aliphatic carbocycles. The van der Waals surface area contributed by atoms with Crippen LogP contribution in [0.3, 0.4) is 0 Å². The number of nitrogens with one attached hydrogen (secondary N) is 1. The molecule has 0 spiro atoms. The van der Waals surface area contributed by atoms with Crippen LogP contribution in [0.25, 0.3) is 0 Å². The minimum atomic E-state index is -0.729. The molecule has 2 aliphatic rings. The van der Waals surface area contributed by atoms with Crippen LogP contribution in [0.5, 0.6) is 5.75 Å². The molecule has 2 aromatic rings. The third-order valence-corrected chi connectivity index (χ3v) is 5.08. The monoisotopic (exact) mass is 403 g/mol. The van der Waals surface area contributed by atoms with Gasteiger partial charge in [-0.3, -0.25) is 9.78 Å². The Morgan fingerprint density at radius 3 is 2.72 bits per heavy atom. The van der Waals surface area contributed by atoms with Gasteiger partial charge in [0.1, 0.15) is 18.1 Å². The van der Waals surface area contributed by atoms with Gasteiger partial charge in [0.2, 0.25) is 0 Å². The van der Waals surface area contributed by atoms with E-state index in [0.717, 1.165) is 24.8 Å². The van der Waals surface area contributed by atoms with Crippen molar-refractivity contribution >= 4 is 11.6 Å². The molecule has 1 fully saturated rings. The zero-order valence-electron chi connectivity index (χ0n) is 16.3. The van der Waals surface area contributed by atoms with Crippen molar-refractivity contribution < 1.29 is 23.0 Å². The second kappa shape index (κ2) is 7.94. The lowest BCUT2D eigenvalue weighted by Gasteiger charge is -2.36. The Labute approximate surface area is 167 Å². The number of hydrogen-bond acceptors (Lipinski definition) is 5. The van der Waals surface area contributed by atoms with Gasteiger partial charge in [-0.15, -0.1) is 0 Å². The number of amides is 1. The number of fused-ring (bicyclic) bond motifs is 1. The molecule has 2 aliphatic heterocycles. The fraction of sp³-hybridized carbons (Fsp3) is 0.429. The smallest absolute Gasteiger partial charge is 0.270 e. The number of hydrogen-bond donors (Lipinski definition) is 1. The number of anilines is 1. The SMILES string of the molecule is CC1CN(c2ccnc(C(=O)NC3COc4c(F)cc(F)cc4C3)c2)CC(C)O1. The molecule has 0 bridgehead atoms. The highest BCUT2D eigenvalue weighted by Gasteiger charge is 2.26. The van der Waals surface area contributed by atoms with Gasteiger partial charge in [0.15, 0.2) is 11.6 Å². The summed E-state index contributed by atoms with van der Waals surface area (Å²) >= 11 is 0. The number of carbonyl (C=O) groups excluding carboxylic acids is 1. The first-order chi connectivity index (χ1) is 13.9. The second-order valence-corrected chi connectivity index (χ2v) is 7.62. The van der Waals surface area contributed by atoms with E-state index in [2.05, 4.69) is 15.2 Å². The van der Waals surface area contributed by atoms with Crippen LogP contribution in [0, 0.1) is 11.6 Å². The van der Waals surface area contributed by atoms with Crippen LogP contribution in [-0.4, -0.2) is 48.8 Å². The standard InChI is InChI=1S/C21H23F2N3O3/c1-12-9-26(10-13(2)29-12)17-3-4-24-19(8-17)21(27)25-16-6-14-5-15(22)7-18(23)20(14)28-11-16/h3-5,7-8,12-13,16H,6,9-11H2,1-2H3,(H,25,27). The topological polar surface area (TPSA) is 63.7 Å². The highest BCUT2D eigenvalue weighted by atomic mass is 19.1. The van der Waals surface area contributed by atoms with Crippen LogP contribution >= 0.6 is 0 Å². The lowest BCUT2D eigenvalue weighted by Crippen LogP contribution is -2.45. The number of aromatic nitrogens is 1. The van der Waals surface area contributed by atoms with E-state index in [1.807, 2.05) is 19.9 Å². The van der Waals surface area contributed by atoms with Gasteiger partial charge in [0.25, 0.3) is 5.91 Å². The molecular weight excluding hydrogens is 380 g/mol. The summed E-state index contributed by atoms with van der Waals surface area (Å²) in [6.07, 6.45) is 2.09. The largest absolute Gasteiger partial charge is 0.488 e. The predicted octanol–water partition coefficient (Wildman–Crippen LogP) is 2.71. The van der Waals surface area contributed by atoms with Gasteiger partial charge in [-0.1, -0.05) is 0 Å². The third-order valence-electron chi connectivity index (χ3n) is 5.08. The van der Waals surface area contributed by atoms with E-state index in [4.69, 9.17) is 9.47 Å². The number of benzene rings is 1. The molecule has 1 aromatic heterocycles. The van der Waals surface area contributed by atoms with E-state index >= 15 is 0 Å². The first kappa shape index (κ1) is 19.6. The number of nitrogens with zero attached hydrogens (tertiary/aromatic N) is 2. The molecule has 1 aromatic carbocycles. The van der Waals surface area contributed by atoms with Crippen molar-refractivity contribution in [2.75, 3.05) is 24.6 Å². The van der Waals surface area contributed by atoms with Crippen molar-refractivity contribution in [3.8, 4) is 5.75 Å². The first-order valence-electron chi connectivity index (χ1n) is 9.67. The van der Waals surface area contributed by atoms with Crippen molar-refractivity contribution in [1.82, 2.24) is 10.3 Å². The van der Waals surface area contributed by atoms with Crippen molar-refractivity contribution in [3.63, 3.8) is 0 Å². The predicted molar refractivity (Wildman–Crippen MR) is 103 cm³/mol. The van der Waals surface area contributed by atoms with Crippen LogP contribution < -0.4 is 15.0 Å². The van der Waals surface area contributed by atoms with Crippen molar-refractivity contribution in [1.29, 1.82) is 0 Å². The van der Waals surface area contributed by atoms with Crippen LogP contribution in [0.15, 0.2) is 30.5 Å². The van der Waals surface area contributed by atoms with Crippen LogP contribution in [-0.2, 0) is 11.2 Å². The summed E-state index contributed by atoms with van der Waals surface area (Å²) in [5.74, 6) is -1.70. The fourth-order valence-electron chi connectivity index (χ4n) is 3.92. The summed E-state index contributed by atoms with van der Waals surface area (Å²) in [5, 5.41) is 2.85. The lowest BCUT2D eigenvalue weighted by atomic mass is 10.0. The van der Waals surface area contributed by atoms with E-state index in [1.54, 1.807) is 12.3 Å². The number of ether oxygens (including phenoxy) is 2. The molecule has 4 rings (SSSR count). The van der Waals surface area contributed by atoms with Gasteiger partial charge in [0.05, 0.1) is 18.2 Å². The van der Waals surface area contributed by atoms with E-state index in [1.165, 1.54) is 6.07 Å². The minimum absolute atomic E-state index is 0.0487. The lowest BCUT2D eigenvalue weighted by molar-refractivity contribution is -0.00522. The molecule has 29 heavy (non-hydrogen) atoms. The Morgan fingerprint density at radius 1 is 1.21 bits per heavy atom. The number of morpholine rings is 1. The first-order valence-corrected chi connectivity index (χ1v) is 9.67. The summed E-state index contributed by atoms with van der Waals surface area (Å²) in [6.45, 7) is 5.62. The molecule has 1 amide bonds. The number of rotatable bonds is 3. The van der Waals surface area contributed by atoms with Gasteiger partial charge in [-0.25, -0.2) is 8.78 Å². The number of pyridine rings is 1. The molecule has 0 radical (unpaired) electrons. The summed E-state index contributed by atoms with van der Waals surface area (Å²) in [6, 6.07) is 5.24. The van der Waals surface area contributed by atoms with Crippen LogP contribution in [0.1, 0.15) is 29.9 Å². The van der Waals surface area contributed by atoms with Gasteiger partial charge >= 0.3 is 0 Å². The molecule has 1 saturated heterocycles. The van der Waals surface area contributed by atoms with Crippen molar-refractivity contribution in [3.05, 3.63) is 53.4 Å². The van der Waals surface area contributed by atoms with E-state index in [9.17, 15) is 13.6 Å². The maximum Gasteiger partial charge on any atom is 0.270 e. The Kier molecular flexibility index (Phi) is 5.36. The molecular formula is C21H23F2N3O3. The minimum Gasteiger partial charge on any atom is -0.488 e. The molecule has 3 unspecified atom stereocenters. The van der Waals surface area contributed by atoms with E-state index in [-0.39, 0.29) is 42.6 Å². The maximum absolute atomic E-state index is 13.8. The molecule has 1 N–H and O–H groups in total. The normalized spacial score (nSPS) is 23.9. The van der Waals surface area contributed by atoms with Crippen molar-refractivity contribution in [2.24, 2.45) is 0 Å². The summed E-state index contributed by atoms with van der Waals surface area (Å²) in [5.41, 5.74) is 1.59. The maximum atomic E-state index is 13.8. The average Bonchev–Trinajstić information content (AvgIpc) is 2.67. The molecule has 0 saturated carbocycles. The van der Waals surface area contributed by atoms with Gasteiger partial charge in [-0.2, -0.15) is 0 Å². The Hall–Kier alpha value is -2.74. The summed E-state index contributed by atoms with van der Waals surface area (Å²) < 4.78 is 38.4. The van der Waals surface area contributed by atoms with Gasteiger partial charge in [-0.05, 0) is 38.5 Å². The molecule has 154 valence electrons. The Bertz CT molecular complexity index is 914. The number of halogens is 2. The quantitative estimate of drug-likeness (QED) is 0.854. The molecule has 3 atom stereocenters. The highest BCUT2D eigenvalue weighted by molar-refractivity contribution is 5.93. The zero-order valence-corrected chi connectivity index (χ0v) is 16.3. The summed E-state index contributed by atoms with van der Waals surface area (Å²) in [4.78, 5) is 19.1. The highest BCUT2D eigenvalue weighted by Crippen LogP contribution is 2.29. The molecule has 3 heterocycles. The Morgan fingerprint density at radius 2 is 1.97 bits per heavy atom. The average molecular weight is 403 g/mol. The molecule has 8 heteroatoms. The zero-order chi connectivity index (χ0) is 20.5. The molecule has 6 nitrogen and oxygen atoms in total. The van der Waals surface area contributed by atoms with E-state index < -0.39 is 17.7 Å². The third kappa shape index (κ3) is 4.32. The van der Waals surface area contributed by atoms with Gasteiger partial charge < -0.3 is 19.7 Å². The number of carbonyl (C=O) groups is 1. The van der Waals surface area contributed by atoms with Gasteiger partial charge in [0, 0.05) is 36.6 Å². The van der Waals surface area contributed by atoms with E-state index in [0.29, 0.717) is 5.56 Å². The van der Waals surface area contributed by atoms with Crippen LogP contribution in [0.4, 0.5) is 14.5 Å². The van der Waals surface area contributed by atoms with Crippen LogP contribution in [0.2, 0.25) is 0 Å². The second-order valence-electron chi connectivity index (χ2n) is 7.62. The van der Waals surface area contributed by atoms with Crippen molar-refractivity contribution in [2.45, 2.75) is 38.5 Å². The Balaban J connectivity index is 1.45.